The third kappa shape index (κ3) is 2.91. The minimum atomic E-state index is 0.692. The zero-order valence-electron chi connectivity index (χ0n) is 10.1. The summed E-state index contributed by atoms with van der Waals surface area (Å²) in [7, 11) is 0. The Hall–Kier alpha value is -1.92. The summed E-state index contributed by atoms with van der Waals surface area (Å²) in [5.74, 6) is 0.703. The normalized spacial score (nSPS) is 11.2. The first-order valence-electron chi connectivity index (χ1n) is 5.90. The number of halogens is 1. The number of pyridine rings is 1. The van der Waals surface area contributed by atoms with Crippen molar-refractivity contribution in [1.29, 1.82) is 0 Å². The second kappa shape index (κ2) is 5.38. The summed E-state index contributed by atoms with van der Waals surface area (Å²) < 4.78 is 6.58. The van der Waals surface area contributed by atoms with Crippen LogP contribution in [0, 0.1) is 0 Å². The van der Waals surface area contributed by atoms with Crippen molar-refractivity contribution in [3.8, 4) is 0 Å². The number of rotatable bonds is 5. The van der Waals surface area contributed by atoms with Crippen molar-refractivity contribution < 1.29 is 4.52 Å². The van der Waals surface area contributed by atoms with E-state index in [9.17, 15) is 0 Å². The van der Waals surface area contributed by atoms with Gasteiger partial charge in [0.05, 0.1) is 10.7 Å². The first-order chi connectivity index (χ1) is 9.31. The zero-order valence-corrected chi connectivity index (χ0v) is 10.8. The molecule has 3 aromatic rings. The molecule has 3 aromatic heterocycles. The van der Waals surface area contributed by atoms with Crippen LogP contribution in [0.1, 0.15) is 11.5 Å². The van der Waals surface area contributed by atoms with Crippen LogP contribution in [0.5, 0.6) is 0 Å². The number of fused-ring (bicyclic) bond motifs is 1. The molecule has 1 N–H and O–H groups in total. The Bertz CT molecular complexity index is 664. The van der Waals surface area contributed by atoms with E-state index in [1.807, 2.05) is 28.9 Å². The van der Waals surface area contributed by atoms with E-state index in [0.717, 1.165) is 24.3 Å². The molecule has 6 nitrogen and oxygen atoms in total. The molecule has 0 unspecified atom stereocenters. The van der Waals surface area contributed by atoms with E-state index in [4.69, 9.17) is 11.6 Å². The molecule has 0 atom stereocenters. The molecule has 0 saturated carbocycles. The van der Waals surface area contributed by atoms with Crippen LogP contribution < -0.4 is 5.32 Å². The van der Waals surface area contributed by atoms with Crippen LogP contribution in [0.25, 0.3) is 5.65 Å². The molecular formula is C12H12ClN5O. The monoisotopic (exact) mass is 277 g/mol. The summed E-state index contributed by atoms with van der Waals surface area (Å²) in [5, 5.41) is 7.73. The molecule has 98 valence electrons. The van der Waals surface area contributed by atoms with E-state index in [2.05, 4.69) is 25.0 Å². The van der Waals surface area contributed by atoms with E-state index in [-0.39, 0.29) is 0 Å². The SMILES string of the molecule is Clc1ccc2nc(CNCCc3ncon3)cn2c1. The fraction of sp³-hybridized carbons (Fsp3) is 0.250. The van der Waals surface area contributed by atoms with Crippen LogP contribution in [-0.4, -0.2) is 26.1 Å². The van der Waals surface area contributed by atoms with Crippen LogP contribution in [0.4, 0.5) is 0 Å². The molecule has 0 aromatic carbocycles. The quantitative estimate of drug-likeness (QED) is 0.719. The lowest BCUT2D eigenvalue weighted by Crippen LogP contribution is -2.17. The second-order valence-electron chi connectivity index (χ2n) is 4.12. The van der Waals surface area contributed by atoms with Gasteiger partial charge in [-0.2, -0.15) is 4.98 Å². The Morgan fingerprint density at radius 2 is 2.26 bits per heavy atom. The molecule has 0 aliphatic rings. The number of aromatic nitrogens is 4. The van der Waals surface area contributed by atoms with Crippen molar-refractivity contribution in [1.82, 2.24) is 24.8 Å². The average Bonchev–Trinajstić information content (AvgIpc) is 3.02. The Kier molecular flexibility index (Phi) is 3.43. The number of hydrogen-bond donors (Lipinski definition) is 1. The van der Waals surface area contributed by atoms with Gasteiger partial charge in [0.2, 0.25) is 6.39 Å². The van der Waals surface area contributed by atoms with E-state index in [1.165, 1.54) is 6.39 Å². The summed E-state index contributed by atoms with van der Waals surface area (Å²) >= 11 is 5.92. The van der Waals surface area contributed by atoms with Gasteiger partial charge >= 0.3 is 0 Å². The largest absolute Gasteiger partial charge is 0.343 e. The molecule has 0 bridgehead atoms. The van der Waals surface area contributed by atoms with Crippen molar-refractivity contribution in [3.63, 3.8) is 0 Å². The predicted octanol–water partition coefficient (Wildman–Crippen LogP) is 1.70. The van der Waals surface area contributed by atoms with Gasteiger partial charge in [0.25, 0.3) is 0 Å². The standard InChI is InChI=1S/C12H12ClN5O/c13-9-1-2-12-16-10(7-18(12)6-9)5-14-4-3-11-15-8-19-17-11/h1-2,6-8,14H,3-5H2. The van der Waals surface area contributed by atoms with Gasteiger partial charge < -0.3 is 14.2 Å². The van der Waals surface area contributed by atoms with Gasteiger partial charge in [-0.05, 0) is 12.1 Å². The summed E-state index contributed by atoms with van der Waals surface area (Å²) in [6.45, 7) is 1.46. The highest BCUT2D eigenvalue weighted by molar-refractivity contribution is 6.30. The van der Waals surface area contributed by atoms with Gasteiger partial charge in [-0.1, -0.05) is 16.8 Å². The highest BCUT2D eigenvalue weighted by Gasteiger charge is 2.02. The number of nitrogens with one attached hydrogen (secondary N) is 1. The Morgan fingerprint density at radius 3 is 3.11 bits per heavy atom. The first-order valence-corrected chi connectivity index (χ1v) is 6.28. The molecule has 0 aliphatic carbocycles. The summed E-state index contributed by atoms with van der Waals surface area (Å²) in [4.78, 5) is 8.43. The van der Waals surface area contributed by atoms with Crippen molar-refractivity contribution in [3.05, 3.63) is 47.5 Å². The third-order valence-electron chi connectivity index (χ3n) is 2.70. The smallest absolute Gasteiger partial charge is 0.213 e. The topological polar surface area (TPSA) is 68.2 Å². The highest BCUT2D eigenvalue weighted by atomic mass is 35.5. The van der Waals surface area contributed by atoms with E-state index in [1.54, 1.807) is 0 Å². The van der Waals surface area contributed by atoms with Crippen LogP contribution in [-0.2, 0) is 13.0 Å². The minimum absolute atomic E-state index is 0.692. The maximum atomic E-state index is 5.92. The van der Waals surface area contributed by atoms with Crippen molar-refractivity contribution in [2.24, 2.45) is 0 Å². The molecule has 0 spiro atoms. The Balaban J connectivity index is 1.56. The maximum absolute atomic E-state index is 5.92. The van der Waals surface area contributed by atoms with E-state index >= 15 is 0 Å². The van der Waals surface area contributed by atoms with Gasteiger partial charge in [-0.25, -0.2) is 4.98 Å². The molecule has 0 radical (unpaired) electrons. The summed E-state index contributed by atoms with van der Waals surface area (Å²) in [6, 6.07) is 3.72. The molecule has 3 rings (SSSR count). The lowest BCUT2D eigenvalue weighted by Gasteiger charge is -1.98. The molecule has 19 heavy (non-hydrogen) atoms. The van der Waals surface area contributed by atoms with Gasteiger partial charge in [0.15, 0.2) is 5.82 Å². The summed E-state index contributed by atoms with van der Waals surface area (Å²) in [5.41, 5.74) is 1.86. The number of imidazole rings is 1. The molecular weight excluding hydrogens is 266 g/mol. The Morgan fingerprint density at radius 1 is 1.32 bits per heavy atom. The van der Waals surface area contributed by atoms with Gasteiger partial charge in [0, 0.05) is 31.9 Å². The third-order valence-corrected chi connectivity index (χ3v) is 2.93. The average molecular weight is 278 g/mol. The number of nitrogens with zero attached hydrogens (tertiary/aromatic N) is 4. The fourth-order valence-electron chi connectivity index (χ4n) is 1.82. The lowest BCUT2D eigenvalue weighted by atomic mass is 10.4. The van der Waals surface area contributed by atoms with Gasteiger partial charge in [-0.3, -0.25) is 0 Å². The molecule has 0 amide bonds. The van der Waals surface area contributed by atoms with Crippen molar-refractivity contribution >= 4 is 17.2 Å². The van der Waals surface area contributed by atoms with Crippen molar-refractivity contribution in [2.75, 3.05) is 6.54 Å². The van der Waals surface area contributed by atoms with Crippen LogP contribution in [0.3, 0.4) is 0 Å². The predicted molar refractivity (Wildman–Crippen MR) is 69.9 cm³/mol. The second-order valence-corrected chi connectivity index (χ2v) is 4.56. The van der Waals surface area contributed by atoms with E-state index < -0.39 is 0 Å². The molecule has 7 heteroatoms. The lowest BCUT2D eigenvalue weighted by molar-refractivity contribution is 0.409. The molecule has 0 aliphatic heterocycles. The van der Waals surface area contributed by atoms with E-state index in [0.29, 0.717) is 17.4 Å². The minimum Gasteiger partial charge on any atom is -0.343 e. The van der Waals surface area contributed by atoms with Crippen molar-refractivity contribution in [2.45, 2.75) is 13.0 Å². The van der Waals surface area contributed by atoms with Crippen LogP contribution in [0.15, 0.2) is 35.4 Å². The zero-order chi connectivity index (χ0) is 13.1. The summed E-state index contributed by atoms with van der Waals surface area (Å²) in [6.07, 6.45) is 5.87. The molecule has 3 heterocycles. The van der Waals surface area contributed by atoms with Gasteiger partial charge in [0.1, 0.15) is 5.65 Å². The maximum Gasteiger partial charge on any atom is 0.213 e. The Labute approximate surface area is 114 Å². The fourth-order valence-corrected chi connectivity index (χ4v) is 1.99. The molecule has 0 fully saturated rings. The number of hydrogen-bond acceptors (Lipinski definition) is 5. The van der Waals surface area contributed by atoms with Crippen LogP contribution in [0.2, 0.25) is 5.02 Å². The first kappa shape index (κ1) is 12.1. The highest BCUT2D eigenvalue weighted by Crippen LogP contribution is 2.11. The van der Waals surface area contributed by atoms with Gasteiger partial charge in [-0.15, -0.1) is 0 Å². The molecule has 0 saturated heterocycles. The van der Waals surface area contributed by atoms with Crippen LogP contribution >= 0.6 is 11.6 Å².